The molecule has 0 heterocycles. The Kier molecular flexibility index (Phi) is 4.41. The third-order valence-corrected chi connectivity index (χ3v) is 2.39. The molecule has 0 fully saturated rings. The Hall–Kier alpha value is -0.270. The SMILES string of the molecule is CC(C)CC(N)C(F)(F)CS(=O)(=O)O. The van der Waals surface area contributed by atoms with Crippen LogP contribution in [0.15, 0.2) is 0 Å². The molecule has 14 heavy (non-hydrogen) atoms. The highest BCUT2D eigenvalue weighted by Crippen LogP contribution is 2.23. The summed E-state index contributed by atoms with van der Waals surface area (Å²) in [6, 6.07) is -1.55. The van der Waals surface area contributed by atoms with Crippen LogP contribution in [0, 0.1) is 5.92 Å². The molecular weight excluding hydrogens is 216 g/mol. The van der Waals surface area contributed by atoms with E-state index in [1.165, 1.54) is 0 Å². The van der Waals surface area contributed by atoms with Gasteiger partial charge < -0.3 is 5.73 Å². The van der Waals surface area contributed by atoms with Gasteiger partial charge >= 0.3 is 0 Å². The number of halogens is 2. The zero-order chi connectivity index (χ0) is 11.6. The van der Waals surface area contributed by atoms with Crippen LogP contribution in [0.5, 0.6) is 0 Å². The van der Waals surface area contributed by atoms with Gasteiger partial charge in [0.25, 0.3) is 16.0 Å². The second kappa shape index (κ2) is 4.50. The summed E-state index contributed by atoms with van der Waals surface area (Å²) in [5, 5.41) is 0. The minimum atomic E-state index is -4.69. The Labute approximate surface area is 82.2 Å². The average Bonchev–Trinajstić information content (AvgIpc) is 1.78. The minimum Gasteiger partial charge on any atom is -0.323 e. The first-order valence-corrected chi connectivity index (χ1v) is 5.74. The van der Waals surface area contributed by atoms with E-state index >= 15 is 0 Å². The van der Waals surface area contributed by atoms with Crippen LogP contribution in [-0.2, 0) is 10.1 Å². The van der Waals surface area contributed by atoms with Crippen molar-refractivity contribution in [2.75, 3.05) is 5.75 Å². The molecule has 3 N–H and O–H groups in total. The lowest BCUT2D eigenvalue weighted by Crippen LogP contribution is -2.46. The summed E-state index contributed by atoms with van der Waals surface area (Å²) in [5.74, 6) is -5.26. The molecule has 0 bridgehead atoms. The average molecular weight is 231 g/mol. The van der Waals surface area contributed by atoms with Crippen LogP contribution in [0.2, 0.25) is 0 Å². The maximum atomic E-state index is 13.0. The molecule has 7 heteroatoms. The van der Waals surface area contributed by atoms with E-state index in [1.807, 2.05) is 0 Å². The van der Waals surface area contributed by atoms with Crippen molar-refractivity contribution < 1.29 is 21.8 Å². The fraction of sp³-hybridized carbons (Fsp3) is 1.00. The van der Waals surface area contributed by atoms with Crippen molar-refractivity contribution in [2.45, 2.75) is 32.2 Å². The van der Waals surface area contributed by atoms with Crippen LogP contribution in [0.25, 0.3) is 0 Å². The summed E-state index contributed by atoms with van der Waals surface area (Å²) >= 11 is 0. The van der Waals surface area contributed by atoms with Gasteiger partial charge in [0.1, 0.15) is 5.75 Å². The Morgan fingerprint density at radius 3 is 2.14 bits per heavy atom. The molecule has 4 nitrogen and oxygen atoms in total. The number of hydrogen-bond acceptors (Lipinski definition) is 3. The Balaban J connectivity index is 4.45. The summed E-state index contributed by atoms with van der Waals surface area (Å²) in [4.78, 5) is 0. The first kappa shape index (κ1) is 13.7. The summed E-state index contributed by atoms with van der Waals surface area (Å²) in [6.07, 6.45) is 0.00250. The number of alkyl halides is 2. The number of hydrogen-bond donors (Lipinski definition) is 2. The highest BCUT2D eigenvalue weighted by atomic mass is 32.2. The molecular formula is C7H15F2NO3S. The first-order valence-electron chi connectivity index (χ1n) is 4.13. The summed E-state index contributed by atoms with van der Waals surface area (Å²) in [7, 11) is -4.69. The zero-order valence-electron chi connectivity index (χ0n) is 8.07. The molecule has 0 aliphatic heterocycles. The van der Waals surface area contributed by atoms with Crippen LogP contribution in [0.1, 0.15) is 20.3 Å². The van der Waals surface area contributed by atoms with Gasteiger partial charge in [0.2, 0.25) is 0 Å². The highest BCUT2D eigenvalue weighted by molar-refractivity contribution is 7.85. The predicted molar refractivity (Wildman–Crippen MR) is 48.8 cm³/mol. The monoisotopic (exact) mass is 231 g/mol. The van der Waals surface area contributed by atoms with E-state index in [0.717, 1.165) is 0 Å². The molecule has 0 aliphatic carbocycles. The third kappa shape index (κ3) is 5.46. The van der Waals surface area contributed by atoms with Crippen LogP contribution >= 0.6 is 0 Å². The fourth-order valence-corrected chi connectivity index (χ4v) is 1.73. The van der Waals surface area contributed by atoms with Crippen LogP contribution < -0.4 is 5.73 Å². The van der Waals surface area contributed by atoms with E-state index < -0.39 is 27.8 Å². The molecule has 0 radical (unpaired) electrons. The summed E-state index contributed by atoms with van der Waals surface area (Å²) in [5.41, 5.74) is 5.13. The predicted octanol–water partition coefficient (Wildman–Crippen LogP) is 0.883. The Bertz CT molecular complexity index is 277. The molecule has 0 saturated carbocycles. The van der Waals surface area contributed by atoms with Gasteiger partial charge in [0.15, 0.2) is 0 Å². The lowest BCUT2D eigenvalue weighted by atomic mass is 10.0. The lowest BCUT2D eigenvalue weighted by Gasteiger charge is -2.23. The van der Waals surface area contributed by atoms with Crippen LogP contribution in [-0.4, -0.2) is 30.7 Å². The topological polar surface area (TPSA) is 80.4 Å². The second-order valence-corrected chi connectivity index (χ2v) is 5.18. The smallest absolute Gasteiger partial charge is 0.279 e. The van der Waals surface area contributed by atoms with Crippen molar-refractivity contribution in [3.63, 3.8) is 0 Å². The van der Waals surface area contributed by atoms with Gasteiger partial charge in [0.05, 0.1) is 6.04 Å². The van der Waals surface area contributed by atoms with E-state index in [1.54, 1.807) is 13.8 Å². The summed E-state index contributed by atoms with van der Waals surface area (Å²) < 4.78 is 54.8. The maximum absolute atomic E-state index is 13.0. The van der Waals surface area contributed by atoms with Gasteiger partial charge in [-0.2, -0.15) is 8.42 Å². The Morgan fingerprint density at radius 1 is 1.43 bits per heavy atom. The van der Waals surface area contributed by atoms with Gasteiger partial charge in [-0.15, -0.1) is 0 Å². The highest BCUT2D eigenvalue weighted by Gasteiger charge is 2.41. The van der Waals surface area contributed by atoms with Gasteiger partial charge in [-0.3, -0.25) is 4.55 Å². The molecule has 0 saturated heterocycles. The number of rotatable bonds is 5. The quantitative estimate of drug-likeness (QED) is 0.688. The van der Waals surface area contributed by atoms with Gasteiger partial charge in [-0.1, -0.05) is 13.8 Å². The number of nitrogens with two attached hydrogens (primary N) is 1. The van der Waals surface area contributed by atoms with E-state index in [2.05, 4.69) is 0 Å². The third-order valence-electron chi connectivity index (χ3n) is 1.64. The standard InChI is InChI=1S/C7H15F2NO3S/c1-5(2)3-6(10)7(8,9)4-14(11,12)13/h5-6H,3-4,10H2,1-2H3,(H,11,12,13). The summed E-state index contributed by atoms with van der Waals surface area (Å²) in [6.45, 7) is 3.40. The van der Waals surface area contributed by atoms with Crippen molar-refractivity contribution in [1.82, 2.24) is 0 Å². The molecule has 0 amide bonds. The van der Waals surface area contributed by atoms with Gasteiger partial charge in [-0.05, 0) is 12.3 Å². The zero-order valence-corrected chi connectivity index (χ0v) is 8.89. The lowest BCUT2D eigenvalue weighted by molar-refractivity contribution is -0.00899. The first-order chi connectivity index (χ1) is 6.04. The van der Waals surface area contributed by atoms with E-state index in [0.29, 0.717) is 0 Å². The van der Waals surface area contributed by atoms with Crippen molar-refractivity contribution >= 4 is 10.1 Å². The molecule has 0 spiro atoms. The molecule has 86 valence electrons. The minimum absolute atomic E-state index is 0.00250. The van der Waals surface area contributed by atoms with Crippen LogP contribution in [0.3, 0.4) is 0 Å². The molecule has 0 aliphatic rings. The molecule has 0 aromatic rings. The molecule has 0 aromatic heterocycles. The van der Waals surface area contributed by atoms with E-state index in [-0.39, 0.29) is 12.3 Å². The van der Waals surface area contributed by atoms with Crippen molar-refractivity contribution in [2.24, 2.45) is 11.7 Å². The molecule has 1 atom stereocenters. The van der Waals surface area contributed by atoms with Crippen molar-refractivity contribution in [3.05, 3.63) is 0 Å². The Morgan fingerprint density at radius 2 is 1.86 bits per heavy atom. The second-order valence-electron chi connectivity index (χ2n) is 3.72. The van der Waals surface area contributed by atoms with E-state index in [9.17, 15) is 17.2 Å². The van der Waals surface area contributed by atoms with E-state index in [4.69, 9.17) is 10.3 Å². The normalized spacial score (nSPS) is 15.9. The largest absolute Gasteiger partial charge is 0.323 e. The molecule has 1 unspecified atom stereocenters. The molecule has 0 aromatic carbocycles. The van der Waals surface area contributed by atoms with Gasteiger partial charge in [-0.25, -0.2) is 8.78 Å². The fourth-order valence-electron chi connectivity index (χ4n) is 1.03. The maximum Gasteiger partial charge on any atom is 0.279 e. The van der Waals surface area contributed by atoms with Gasteiger partial charge in [0, 0.05) is 0 Å². The van der Waals surface area contributed by atoms with Crippen molar-refractivity contribution in [3.8, 4) is 0 Å². The molecule has 0 rings (SSSR count). The van der Waals surface area contributed by atoms with Crippen LogP contribution in [0.4, 0.5) is 8.78 Å². The van der Waals surface area contributed by atoms with Crippen molar-refractivity contribution in [1.29, 1.82) is 0 Å².